The maximum atomic E-state index is 12.2. The van der Waals surface area contributed by atoms with Gasteiger partial charge in [-0.05, 0) is 32.9 Å². The van der Waals surface area contributed by atoms with Gasteiger partial charge >= 0.3 is 7.82 Å². The number of hydrogen-bond acceptors (Lipinski definition) is 5. The summed E-state index contributed by atoms with van der Waals surface area (Å²) in [5.41, 5.74) is 0.472. The molecule has 0 spiro atoms. The molecule has 1 atom stereocenters. The summed E-state index contributed by atoms with van der Waals surface area (Å²) in [6, 6.07) is 6.84. The molecular weight excluding hydrogens is 347 g/mol. The number of carbonyl (C=O) groups is 1. The summed E-state index contributed by atoms with van der Waals surface area (Å²) in [4.78, 5) is 12.2. The molecule has 0 aliphatic heterocycles. The average Bonchev–Trinajstić information content (AvgIpc) is 2.39. The van der Waals surface area contributed by atoms with Gasteiger partial charge in [0.05, 0.1) is 13.2 Å². The minimum absolute atomic E-state index is 0.177. The van der Waals surface area contributed by atoms with Gasteiger partial charge in [-0.25, -0.2) is 4.57 Å². The van der Waals surface area contributed by atoms with E-state index in [1.807, 2.05) is 0 Å². The van der Waals surface area contributed by atoms with E-state index < -0.39 is 13.9 Å². The van der Waals surface area contributed by atoms with Crippen LogP contribution in [0, 0.1) is 0 Å². The Morgan fingerprint density at radius 1 is 1.20 bits per heavy atom. The lowest BCUT2D eigenvalue weighted by Gasteiger charge is -2.20. The maximum absolute atomic E-state index is 12.2. The molecule has 1 aromatic rings. The highest BCUT2D eigenvalue weighted by atomic mass is 79.9. The summed E-state index contributed by atoms with van der Waals surface area (Å²) in [5, 5.41) is 0. The molecule has 0 bridgehead atoms. The molecule has 0 fully saturated rings. The van der Waals surface area contributed by atoms with Crippen LogP contribution in [-0.4, -0.2) is 25.1 Å². The first-order valence-electron chi connectivity index (χ1n) is 6.29. The van der Waals surface area contributed by atoms with Crippen LogP contribution in [0.5, 0.6) is 0 Å². The summed E-state index contributed by atoms with van der Waals surface area (Å²) in [7, 11) is -3.69. The number of phosphoric ester groups is 1. The van der Waals surface area contributed by atoms with E-state index in [2.05, 4.69) is 15.9 Å². The first-order chi connectivity index (χ1) is 9.41. The normalized spacial score (nSPS) is 13.2. The Morgan fingerprint density at radius 2 is 1.70 bits per heavy atom. The molecular formula is C13H18BrO5P. The van der Waals surface area contributed by atoms with Crippen molar-refractivity contribution >= 4 is 29.5 Å². The van der Waals surface area contributed by atoms with Crippen molar-refractivity contribution < 1.29 is 22.9 Å². The number of benzene rings is 1. The molecule has 0 heterocycles. The second-order valence-electron chi connectivity index (χ2n) is 3.90. The number of carbonyl (C=O) groups excluding carboxylic acids is 1. The Balaban J connectivity index is 2.78. The summed E-state index contributed by atoms with van der Waals surface area (Å²) >= 11 is 3.29. The van der Waals surface area contributed by atoms with E-state index in [1.54, 1.807) is 38.1 Å². The lowest BCUT2D eigenvalue weighted by Crippen LogP contribution is -2.21. The molecule has 0 amide bonds. The van der Waals surface area contributed by atoms with Crippen LogP contribution in [0.1, 0.15) is 31.1 Å². The van der Waals surface area contributed by atoms with Crippen LogP contribution < -0.4 is 0 Å². The third kappa shape index (κ3) is 5.11. The minimum Gasteiger partial charge on any atom is -0.291 e. The lowest BCUT2D eigenvalue weighted by molar-refractivity contribution is 0.0637. The van der Waals surface area contributed by atoms with Gasteiger partial charge in [0.25, 0.3) is 0 Å². The Morgan fingerprint density at radius 3 is 2.15 bits per heavy atom. The average molecular weight is 365 g/mol. The van der Waals surface area contributed by atoms with Crippen molar-refractivity contribution in [1.29, 1.82) is 0 Å². The number of hydrogen-bond donors (Lipinski definition) is 0. The van der Waals surface area contributed by atoms with Crippen LogP contribution in [-0.2, 0) is 18.1 Å². The fraction of sp³-hybridized carbons (Fsp3) is 0.462. The summed E-state index contributed by atoms with van der Waals surface area (Å²) < 4.78 is 28.3. The minimum atomic E-state index is -3.69. The molecule has 0 aliphatic rings. The highest BCUT2D eigenvalue weighted by Gasteiger charge is 2.31. The molecule has 1 rings (SSSR count). The lowest BCUT2D eigenvalue weighted by atomic mass is 10.1. The Labute approximate surface area is 127 Å². The van der Waals surface area contributed by atoms with E-state index >= 15 is 0 Å². The Bertz CT molecular complexity index is 478. The number of ketones is 1. The van der Waals surface area contributed by atoms with E-state index in [9.17, 15) is 9.36 Å². The predicted octanol–water partition coefficient (Wildman–Crippen LogP) is 4.22. The molecule has 112 valence electrons. The van der Waals surface area contributed by atoms with E-state index in [0.29, 0.717) is 5.56 Å². The molecule has 0 N–H and O–H groups in total. The quantitative estimate of drug-likeness (QED) is 0.510. The van der Waals surface area contributed by atoms with E-state index in [4.69, 9.17) is 13.6 Å². The van der Waals surface area contributed by atoms with Gasteiger partial charge in [-0.1, -0.05) is 28.1 Å². The number of Topliss-reactive ketones (excluding diaryl/α,β-unsaturated/α-hetero) is 1. The molecule has 0 saturated carbocycles. The molecule has 1 unspecified atom stereocenters. The van der Waals surface area contributed by atoms with E-state index in [1.165, 1.54) is 6.92 Å². The van der Waals surface area contributed by atoms with Gasteiger partial charge in [-0.3, -0.25) is 18.4 Å². The molecule has 0 radical (unpaired) electrons. The van der Waals surface area contributed by atoms with Crippen molar-refractivity contribution in [2.24, 2.45) is 0 Å². The van der Waals surface area contributed by atoms with E-state index in [0.717, 1.165) is 4.47 Å². The third-order valence-electron chi connectivity index (χ3n) is 2.36. The van der Waals surface area contributed by atoms with Crippen LogP contribution in [0.2, 0.25) is 0 Å². The van der Waals surface area contributed by atoms with Crippen molar-refractivity contribution in [2.75, 3.05) is 13.2 Å². The van der Waals surface area contributed by atoms with Crippen LogP contribution in [0.25, 0.3) is 0 Å². The number of rotatable bonds is 8. The second kappa shape index (κ2) is 8.05. The fourth-order valence-electron chi connectivity index (χ4n) is 1.50. The van der Waals surface area contributed by atoms with Crippen molar-refractivity contribution in [2.45, 2.75) is 26.9 Å². The fourth-order valence-corrected chi connectivity index (χ4v) is 3.08. The monoisotopic (exact) mass is 364 g/mol. The van der Waals surface area contributed by atoms with Gasteiger partial charge in [0, 0.05) is 10.0 Å². The summed E-state index contributed by atoms with van der Waals surface area (Å²) in [6.07, 6.45) is -0.917. The van der Waals surface area contributed by atoms with Crippen LogP contribution in [0.4, 0.5) is 0 Å². The van der Waals surface area contributed by atoms with Gasteiger partial charge in [0.1, 0.15) is 6.10 Å². The molecule has 0 aliphatic carbocycles. The number of halogens is 1. The zero-order chi connectivity index (χ0) is 15.2. The zero-order valence-electron chi connectivity index (χ0n) is 11.7. The van der Waals surface area contributed by atoms with Gasteiger partial charge in [-0.2, -0.15) is 0 Å². The maximum Gasteiger partial charge on any atom is 0.475 e. The molecule has 1 aromatic carbocycles. The van der Waals surface area contributed by atoms with Crippen LogP contribution in [0.3, 0.4) is 0 Å². The summed E-state index contributed by atoms with van der Waals surface area (Å²) in [6.45, 7) is 5.23. The smallest absolute Gasteiger partial charge is 0.291 e. The van der Waals surface area contributed by atoms with Crippen LogP contribution in [0.15, 0.2) is 28.7 Å². The molecule has 7 heteroatoms. The summed E-state index contributed by atoms with van der Waals surface area (Å²) in [5.74, 6) is -0.280. The first-order valence-corrected chi connectivity index (χ1v) is 8.54. The van der Waals surface area contributed by atoms with Gasteiger partial charge in [0.15, 0.2) is 5.78 Å². The third-order valence-corrected chi connectivity index (χ3v) is 4.61. The van der Waals surface area contributed by atoms with Gasteiger partial charge in [0.2, 0.25) is 0 Å². The molecule has 0 saturated heterocycles. The van der Waals surface area contributed by atoms with Crippen molar-refractivity contribution in [3.05, 3.63) is 34.3 Å². The first kappa shape index (κ1) is 17.5. The SMILES string of the molecule is CCOP(=O)(OCC)OC(C)C(=O)c1ccc(Br)cc1. The van der Waals surface area contributed by atoms with Crippen molar-refractivity contribution in [3.8, 4) is 0 Å². The second-order valence-corrected chi connectivity index (χ2v) is 6.44. The molecule has 20 heavy (non-hydrogen) atoms. The predicted molar refractivity (Wildman–Crippen MR) is 79.9 cm³/mol. The highest BCUT2D eigenvalue weighted by molar-refractivity contribution is 9.10. The number of phosphoric acid groups is 1. The van der Waals surface area contributed by atoms with Gasteiger partial charge in [-0.15, -0.1) is 0 Å². The molecule has 5 nitrogen and oxygen atoms in total. The Kier molecular flexibility index (Phi) is 7.06. The van der Waals surface area contributed by atoms with E-state index in [-0.39, 0.29) is 19.0 Å². The largest absolute Gasteiger partial charge is 0.475 e. The van der Waals surface area contributed by atoms with Crippen LogP contribution >= 0.6 is 23.8 Å². The van der Waals surface area contributed by atoms with Crippen molar-refractivity contribution in [1.82, 2.24) is 0 Å². The Hall–Kier alpha value is -0.520. The topological polar surface area (TPSA) is 61.8 Å². The van der Waals surface area contributed by atoms with Crippen molar-refractivity contribution in [3.63, 3.8) is 0 Å². The van der Waals surface area contributed by atoms with Gasteiger partial charge < -0.3 is 0 Å². The highest BCUT2D eigenvalue weighted by Crippen LogP contribution is 2.50. The standard InChI is InChI=1S/C13H18BrO5P/c1-4-17-20(16,18-5-2)19-10(3)13(15)11-6-8-12(14)9-7-11/h6-10H,4-5H2,1-3H3. The zero-order valence-corrected chi connectivity index (χ0v) is 14.1. The molecule has 0 aromatic heterocycles.